The van der Waals surface area contributed by atoms with Crippen LogP contribution in [0, 0.1) is 0 Å². The van der Waals surface area contributed by atoms with Gasteiger partial charge in [-0.25, -0.2) is 0 Å². The molecule has 0 fully saturated rings. The Hall–Kier alpha value is -0.830. The van der Waals surface area contributed by atoms with E-state index in [1.807, 2.05) is 0 Å². The largest absolute Gasteiger partial charge is 0.489 e. The van der Waals surface area contributed by atoms with Crippen molar-refractivity contribution in [2.45, 2.75) is 32.8 Å². The van der Waals surface area contributed by atoms with Crippen molar-refractivity contribution in [3.05, 3.63) is 17.4 Å². The number of nitrogens with zero attached hydrogens (tertiary/aromatic N) is 2. The Kier molecular flexibility index (Phi) is 3.96. The Morgan fingerprint density at radius 3 is 2.69 bits per heavy atom. The van der Waals surface area contributed by atoms with Crippen molar-refractivity contribution in [3.8, 4) is 5.75 Å². The fraction of sp³-hybridized carbons (Fsp3) is 0.556. The lowest BCUT2D eigenvalue weighted by atomic mass is 10.2. The topological polar surface area (TPSA) is 35.0 Å². The first-order chi connectivity index (χ1) is 6.26. The Bertz CT molecular complexity index is 264. The lowest BCUT2D eigenvalue weighted by Crippen LogP contribution is -2.13. The minimum atomic E-state index is 0.236. The standard InChI is InChI=1S/C9H13ClN2O/c1-3-7(4-2)13-8-5-9(10)12-11-6-8/h5-7H,3-4H2,1-2H3. The molecule has 1 heterocycles. The Morgan fingerprint density at radius 1 is 1.46 bits per heavy atom. The summed E-state index contributed by atoms with van der Waals surface area (Å²) in [6.07, 6.45) is 3.78. The number of ether oxygens (including phenoxy) is 1. The van der Waals surface area contributed by atoms with Gasteiger partial charge in [-0.3, -0.25) is 0 Å². The summed E-state index contributed by atoms with van der Waals surface area (Å²) in [5.41, 5.74) is 0. The minimum Gasteiger partial charge on any atom is -0.489 e. The monoisotopic (exact) mass is 200 g/mol. The first-order valence-corrected chi connectivity index (χ1v) is 4.79. The van der Waals surface area contributed by atoms with Crippen LogP contribution in [0.25, 0.3) is 0 Å². The molecule has 72 valence electrons. The molecule has 0 spiro atoms. The van der Waals surface area contributed by atoms with Gasteiger partial charge in [0.1, 0.15) is 5.75 Å². The van der Waals surface area contributed by atoms with Crippen LogP contribution in [-0.4, -0.2) is 16.3 Å². The van der Waals surface area contributed by atoms with Crippen LogP contribution in [0.1, 0.15) is 26.7 Å². The molecule has 0 bridgehead atoms. The summed E-state index contributed by atoms with van der Waals surface area (Å²) in [7, 11) is 0. The predicted molar refractivity (Wildman–Crippen MR) is 52.0 cm³/mol. The maximum atomic E-state index is 5.66. The molecule has 13 heavy (non-hydrogen) atoms. The average Bonchev–Trinajstić information content (AvgIpc) is 2.14. The van der Waals surface area contributed by atoms with E-state index < -0.39 is 0 Å². The molecule has 1 aromatic rings. The summed E-state index contributed by atoms with van der Waals surface area (Å²) in [6, 6.07) is 1.67. The third-order valence-electron chi connectivity index (χ3n) is 1.81. The van der Waals surface area contributed by atoms with Crippen LogP contribution in [0.5, 0.6) is 5.75 Å². The van der Waals surface area contributed by atoms with Gasteiger partial charge in [0, 0.05) is 6.07 Å². The normalized spacial score (nSPS) is 10.5. The van der Waals surface area contributed by atoms with Crippen LogP contribution < -0.4 is 4.74 Å². The highest BCUT2D eigenvalue weighted by Gasteiger charge is 2.05. The van der Waals surface area contributed by atoms with Gasteiger partial charge < -0.3 is 4.74 Å². The Balaban J connectivity index is 2.62. The van der Waals surface area contributed by atoms with Crippen LogP contribution in [0.3, 0.4) is 0 Å². The van der Waals surface area contributed by atoms with Crippen LogP contribution in [0.2, 0.25) is 5.15 Å². The highest BCUT2D eigenvalue weighted by Crippen LogP contribution is 2.16. The molecule has 0 aliphatic heterocycles. The lowest BCUT2D eigenvalue weighted by Gasteiger charge is -2.14. The summed E-state index contributed by atoms with van der Waals surface area (Å²) in [5, 5.41) is 7.70. The van der Waals surface area contributed by atoms with E-state index in [1.165, 1.54) is 0 Å². The third-order valence-corrected chi connectivity index (χ3v) is 2.00. The first-order valence-electron chi connectivity index (χ1n) is 4.41. The van der Waals surface area contributed by atoms with E-state index in [2.05, 4.69) is 24.0 Å². The highest BCUT2D eigenvalue weighted by atomic mass is 35.5. The summed E-state index contributed by atoms with van der Waals surface area (Å²) >= 11 is 5.66. The molecule has 1 aromatic heterocycles. The molecule has 3 nitrogen and oxygen atoms in total. The molecule has 0 aromatic carbocycles. The minimum absolute atomic E-state index is 0.236. The molecule has 0 aliphatic rings. The van der Waals surface area contributed by atoms with Crippen molar-refractivity contribution in [3.63, 3.8) is 0 Å². The predicted octanol–water partition coefficient (Wildman–Crippen LogP) is 2.70. The Morgan fingerprint density at radius 2 is 2.15 bits per heavy atom. The van der Waals surface area contributed by atoms with Gasteiger partial charge in [-0.15, -0.1) is 5.10 Å². The zero-order valence-corrected chi connectivity index (χ0v) is 8.58. The molecule has 0 unspecified atom stereocenters. The lowest BCUT2D eigenvalue weighted by molar-refractivity contribution is 0.192. The molecular weight excluding hydrogens is 188 g/mol. The molecule has 1 rings (SSSR count). The van der Waals surface area contributed by atoms with Gasteiger partial charge in [0.2, 0.25) is 0 Å². The van der Waals surface area contributed by atoms with E-state index in [1.54, 1.807) is 12.3 Å². The number of hydrogen-bond acceptors (Lipinski definition) is 3. The SMILES string of the molecule is CCC(CC)Oc1cnnc(Cl)c1. The van der Waals surface area contributed by atoms with Crippen LogP contribution in [0.4, 0.5) is 0 Å². The quantitative estimate of drug-likeness (QED) is 0.750. The zero-order valence-electron chi connectivity index (χ0n) is 7.83. The maximum absolute atomic E-state index is 5.66. The van der Waals surface area contributed by atoms with Crippen LogP contribution in [0.15, 0.2) is 12.3 Å². The second-order valence-electron chi connectivity index (χ2n) is 2.77. The summed E-state index contributed by atoms with van der Waals surface area (Å²) in [6.45, 7) is 4.18. The van der Waals surface area contributed by atoms with Crippen molar-refractivity contribution in [1.29, 1.82) is 0 Å². The summed E-state index contributed by atoms with van der Waals surface area (Å²) < 4.78 is 5.61. The number of halogens is 1. The molecule has 0 amide bonds. The van der Waals surface area contributed by atoms with Crippen LogP contribution in [-0.2, 0) is 0 Å². The van der Waals surface area contributed by atoms with Gasteiger partial charge in [0.05, 0.1) is 12.3 Å². The van der Waals surface area contributed by atoms with E-state index in [0.29, 0.717) is 10.9 Å². The van der Waals surface area contributed by atoms with Gasteiger partial charge in [-0.05, 0) is 12.8 Å². The fourth-order valence-electron chi connectivity index (χ4n) is 1.04. The average molecular weight is 201 g/mol. The molecular formula is C9H13ClN2O. The van der Waals surface area contributed by atoms with E-state index in [0.717, 1.165) is 12.8 Å². The van der Waals surface area contributed by atoms with E-state index in [9.17, 15) is 0 Å². The van der Waals surface area contributed by atoms with E-state index in [4.69, 9.17) is 16.3 Å². The van der Waals surface area contributed by atoms with E-state index >= 15 is 0 Å². The molecule has 0 atom stereocenters. The molecule has 0 N–H and O–H groups in total. The van der Waals surface area contributed by atoms with Crippen molar-refractivity contribution < 1.29 is 4.74 Å². The van der Waals surface area contributed by atoms with E-state index in [-0.39, 0.29) is 6.10 Å². The molecule has 0 radical (unpaired) electrons. The van der Waals surface area contributed by atoms with Gasteiger partial charge in [-0.1, -0.05) is 25.4 Å². The third kappa shape index (κ3) is 3.19. The molecule has 0 saturated heterocycles. The first kappa shape index (κ1) is 10.3. The van der Waals surface area contributed by atoms with Crippen LogP contribution >= 0.6 is 11.6 Å². The zero-order chi connectivity index (χ0) is 9.68. The molecule has 0 saturated carbocycles. The second-order valence-corrected chi connectivity index (χ2v) is 3.16. The second kappa shape index (κ2) is 5.02. The number of rotatable bonds is 4. The number of aromatic nitrogens is 2. The maximum Gasteiger partial charge on any atom is 0.155 e. The van der Waals surface area contributed by atoms with Gasteiger partial charge >= 0.3 is 0 Å². The smallest absolute Gasteiger partial charge is 0.155 e. The van der Waals surface area contributed by atoms with Gasteiger partial charge in [0.15, 0.2) is 5.15 Å². The Labute approximate surface area is 83.1 Å². The van der Waals surface area contributed by atoms with Crippen molar-refractivity contribution in [2.75, 3.05) is 0 Å². The van der Waals surface area contributed by atoms with Gasteiger partial charge in [0.25, 0.3) is 0 Å². The van der Waals surface area contributed by atoms with Gasteiger partial charge in [-0.2, -0.15) is 5.10 Å². The van der Waals surface area contributed by atoms with Crippen molar-refractivity contribution in [1.82, 2.24) is 10.2 Å². The van der Waals surface area contributed by atoms with Crippen molar-refractivity contribution >= 4 is 11.6 Å². The summed E-state index contributed by atoms with van der Waals surface area (Å²) in [5.74, 6) is 0.689. The summed E-state index contributed by atoms with van der Waals surface area (Å²) in [4.78, 5) is 0. The van der Waals surface area contributed by atoms with Crippen molar-refractivity contribution in [2.24, 2.45) is 0 Å². The fourth-order valence-corrected chi connectivity index (χ4v) is 1.19. The highest BCUT2D eigenvalue weighted by molar-refractivity contribution is 6.29. The molecule has 4 heteroatoms. The molecule has 0 aliphatic carbocycles. The number of hydrogen-bond donors (Lipinski definition) is 0.